The van der Waals surface area contributed by atoms with Crippen LogP contribution in [0.25, 0.3) is 0 Å². The lowest BCUT2D eigenvalue weighted by Crippen LogP contribution is -2.46. The maximum absolute atomic E-state index is 12.9. The number of para-hydroxylation sites is 2. The highest BCUT2D eigenvalue weighted by Gasteiger charge is 2.35. The molecule has 0 aromatic heterocycles. The third-order valence-electron chi connectivity index (χ3n) is 4.28. The van der Waals surface area contributed by atoms with Gasteiger partial charge in [-0.3, -0.25) is 4.79 Å². The van der Waals surface area contributed by atoms with Gasteiger partial charge in [0.2, 0.25) is 6.10 Å². The molecule has 1 N–H and O–H groups in total. The summed E-state index contributed by atoms with van der Waals surface area (Å²) in [5.74, 6) is -1.11. The van der Waals surface area contributed by atoms with E-state index in [2.05, 4.69) is 10.1 Å². The van der Waals surface area contributed by atoms with Crippen LogP contribution in [0.4, 0.5) is 14.5 Å². The van der Waals surface area contributed by atoms with E-state index in [1.807, 2.05) is 0 Å². The molecule has 0 bridgehead atoms. The Balaban J connectivity index is 1.92. The topological polar surface area (TPSA) is 92.3 Å². The first-order chi connectivity index (χ1) is 14.3. The van der Waals surface area contributed by atoms with Crippen molar-refractivity contribution in [3.63, 3.8) is 0 Å². The molecule has 30 heavy (non-hydrogen) atoms. The summed E-state index contributed by atoms with van der Waals surface area (Å²) in [6, 6.07) is 9.02. The molecule has 2 atom stereocenters. The molecule has 1 heterocycles. The molecule has 1 aliphatic heterocycles. The molecule has 0 fully saturated rings. The average Bonchev–Trinajstić information content (AvgIpc) is 2.72. The van der Waals surface area contributed by atoms with Crippen molar-refractivity contribution in [1.82, 2.24) is 0 Å². The third-order valence-corrected chi connectivity index (χ3v) is 4.28. The second-order valence-corrected chi connectivity index (χ2v) is 6.22. The summed E-state index contributed by atoms with van der Waals surface area (Å²) in [5, 5.41) is 2.50. The Morgan fingerprint density at radius 2 is 1.73 bits per heavy atom. The number of carbonyl (C=O) groups is 2. The minimum atomic E-state index is -3.14. The predicted octanol–water partition coefficient (Wildman–Crippen LogP) is 3.25. The Hall–Kier alpha value is -3.56. The minimum absolute atomic E-state index is 0.113. The van der Waals surface area contributed by atoms with Gasteiger partial charge in [-0.15, -0.1) is 0 Å². The summed E-state index contributed by atoms with van der Waals surface area (Å²) in [4.78, 5) is 25.0. The van der Waals surface area contributed by atoms with Gasteiger partial charge in [-0.05, 0) is 19.1 Å². The molecule has 2 unspecified atom stereocenters. The zero-order valence-corrected chi connectivity index (χ0v) is 16.3. The summed E-state index contributed by atoms with van der Waals surface area (Å²) in [6.45, 7) is -1.50. The number of nitrogens with one attached hydrogen (secondary N) is 1. The van der Waals surface area contributed by atoms with Crippen LogP contribution in [0.1, 0.15) is 17.3 Å². The van der Waals surface area contributed by atoms with Crippen molar-refractivity contribution in [3.05, 3.63) is 42.0 Å². The Kier molecular flexibility index (Phi) is 6.24. The van der Waals surface area contributed by atoms with E-state index in [1.54, 1.807) is 31.2 Å². The maximum atomic E-state index is 12.9. The molecule has 10 heteroatoms. The second-order valence-electron chi connectivity index (χ2n) is 6.22. The monoisotopic (exact) mass is 423 g/mol. The first kappa shape index (κ1) is 21.2. The minimum Gasteiger partial charge on any atom is -0.493 e. The summed E-state index contributed by atoms with van der Waals surface area (Å²) in [6.07, 6.45) is -1.72. The number of methoxy groups -OCH3 is 2. The van der Waals surface area contributed by atoms with Gasteiger partial charge in [0.05, 0.1) is 25.5 Å². The molecule has 0 radical (unpaired) electrons. The van der Waals surface area contributed by atoms with Crippen LogP contribution >= 0.6 is 0 Å². The standard InChI is InChI=1S/C20H19F2NO7/c1-10-17(29-14-7-5-4-6-13(14)28-10)18(24)23-12-9-16(30-20(21)22)15(26-2)8-11(12)19(25)27-3/h4-10,17,20H,1-3H3,(H,23,24). The van der Waals surface area contributed by atoms with Crippen molar-refractivity contribution in [1.29, 1.82) is 0 Å². The van der Waals surface area contributed by atoms with E-state index < -0.39 is 30.7 Å². The zero-order valence-electron chi connectivity index (χ0n) is 16.3. The van der Waals surface area contributed by atoms with Gasteiger partial charge in [-0.2, -0.15) is 8.78 Å². The number of halogens is 2. The summed E-state index contributed by atoms with van der Waals surface area (Å²) in [7, 11) is 2.36. The van der Waals surface area contributed by atoms with E-state index in [0.717, 1.165) is 19.2 Å². The van der Waals surface area contributed by atoms with Crippen LogP contribution in [0.2, 0.25) is 0 Å². The molecule has 0 spiro atoms. The number of amides is 1. The third kappa shape index (κ3) is 4.37. The van der Waals surface area contributed by atoms with Crippen LogP contribution in [0.3, 0.4) is 0 Å². The predicted molar refractivity (Wildman–Crippen MR) is 101 cm³/mol. The molecule has 3 rings (SSSR count). The van der Waals surface area contributed by atoms with Crippen LogP contribution in [-0.4, -0.2) is 44.9 Å². The summed E-state index contributed by atoms with van der Waals surface area (Å²) >= 11 is 0. The summed E-state index contributed by atoms with van der Waals surface area (Å²) < 4.78 is 51.0. The molecule has 2 aromatic carbocycles. The lowest BCUT2D eigenvalue weighted by molar-refractivity contribution is -0.128. The van der Waals surface area contributed by atoms with Crippen LogP contribution in [-0.2, 0) is 9.53 Å². The van der Waals surface area contributed by atoms with Gasteiger partial charge in [-0.25, -0.2) is 4.79 Å². The van der Waals surface area contributed by atoms with Crippen LogP contribution in [0.15, 0.2) is 36.4 Å². The van der Waals surface area contributed by atoms with Gasteiger partial charge in [-0.1, -0.05) is 12.1 Å². The highest BCUT2D eigenvalue weighted by Crippen LogP contribution is 2.36. The maximum Gasteiger partial charge on any atom is 0.387 e. The lowest BCUT2D eigenvalue weighted by atomic mass is 10.1. The summed E-state index contributed by atoms with van der Waals surface area (Å²) in [5.41, 5.74) is -0.230. The molecular formula is C20H19F2NO7. The van der Waals surface area contributed by atoms with E-state index in [-0.39, 0.29) is 22.7 Å². The molecular weight excluding hydrogens is 404 g/mol. The van der Waals surface area contributed by atoms with E-state index in [0.29, 0.717) is 11.5 Å². The van der Waals surface area contributed by atoms with Gasteiger partial charge in [0.25, 0.3) is 5.91 Å². The van der Waals surface area contributed by atoms with E-state index in [9.17, 15) is 18.4 Å². The zero-order chi connectivity index (χ0) is 21.8. The van der Waals surface area contributed by atoms with Crippen molar-refractivity contribution in [2.75, 3.05) is 19.5 Å². The molecule has 2 aromatic rings. The number of fused-ring (bicyclic) bond motifs is 1. The van der Waals surface area contributed by atoms with E-state index in [4.69, 9.17) is 18.9 Å². The van der Waals surface area contributed by atoms with Crippen LogP contribution in [0.5, 0.6) is 23.0 Å². The van der Waals surface area contributed by atoms with Gasteiger partial charge in [0.15, 0.2) is 23.0 Å². The van der Waals surface area contributed by atoms with Gasteiger partial charge < -0.3 is 29.0 Å². The molecule has 1 amide bonds. The SMILES string of the molecule is COC(=O)c1cc(OC)c(OC(F)F)cc1NC(=O)C1Oc2ccccc2OC1C. The molecule has 0 aliphatic carbocycles. The Labute approximate surface area is 170 Å². The molecule has 0 saturated heterocycles. The Bertz CT molecular complexity index is 951. The van der Waals surface area contributed by atoms with Crippen molar-refractivity contribution < 1.29 is 42.1 Å². The number of rotatable bonds is 6. The van der Waals surface area contributed by atoms with Crippen molar-refractivity contribution in [3.8, 4) is 23.0 Å². The first-order valence-corrected chi connectivity index (χ1v) is 8.82. The lowest BCUT2D eigenvalue weighted by Gasteiger charge is -2.31. The molecule has 1 aliphatic rings. The number of carbonyl (C=O) groups excluding carboxylic acids is 2. The van der Waals surface area contributed by atoms with Crippen molar-refractivity contribution in [2.24, 2.45) is 0 Å². The molecule has 0 saturated carbocycles. The number of ether oxygens (including phenoxy) is 5. The van der Waals surface area contributed by atoms with Crippen molar-refractivity contribution >= 4 is 17.6 Å². The van der Waals surface area contributed by atoms with Gasteiger partial charge >= 0.3 is 12.6 Å². The van der Waals surface area contributed by atoms with Gasteiger partial charge in [0, 0.05) is 12.1 Å². The quantitative estimate of drug-likeness (QED) is 0.713. The van der Waals surface area contributed by atoms with Gasteiger partial charge in [0.1, 0.15) is 6.10 Å². The number of esters is 1. The number of hydrogen-bond donors (Lipinski definition) is 1. The largest absolute Gasteiger partial charge is 0.493 e. The van der Waals surface area contributed by atoms with Crippen LogP contribution in [0, 0.1) is 0 Å². The Morgan fingerprint density at radius 3 is 2.33 bits per heavy atom. The van der Waals surface area contributed by atoms with Crippen LogP contribution < -0.4 is 24.3 Å². The Morgan fingerprint density at radius 1 is 1.07 bits per heavy atom. The fraction of sp³-hybridized carbons (Fsp3) is 0.300. The fourth-order valence-corrected chi connectivity index (χ4v) is 2.90. The second kappa shape index (κ2) is 8.85. The highest BCUT2D eigenvalue weighted by atomic mass is 19.3. The smallest absolute Gasteiger partial charge is 0.387 e. The number of benzene rings is 2. The first-order valence-electron chi connectivity index (χ1n) is 8.82. The number of alkyl halides is 2. The molecule has 8 nitrogen and oxygen atoms in total. The van der Waals surface area contributed by atoms with E-state index in [1.165, 1.54) is 7.11 Å². The number of anilines is 1. The normalized spacial score (nSPS) is 17.3. The number of hydrogen-bond acceptors (Lipinski definition) is 7. The van der Waals surface area contributed by atoms with Crippen molar-refractivity contribution in [2.45, 2.75) is 25.7 Å². The fourth-order valence-electron chi connectivity index (χ4n) is 2.90. The average molecular weight is 423 g/mol. The molecule has 160 valence electrons. The highest BCUT2D eigenvalue weighted by molar-refractivity contribution is 6.03. The van der Waals surface area contributed by atoms with E-state index >= 15 is 0 Å².